The Kier molecular flexibility index (Phi) is 4.04. The number of carbonyl (C=O) groups excluding carboxylic acids is 1. The highest BCUT2D eigenvalue weighted by Gasteiger charge is 2.32. The summed E-state index contributed by atoms with van der Waals surface area (Å²) in [6, 6.07) is 13.8. The Morgan fingerprint density at radius 1 is 1.04 bits per heavy atom. The van der Waals surface area contributed by atoms with Crippen molar-refractivity contribution in [2.45, 2.75) is 38.1 Å². The van der Waals surface area contributed by atoms with Crippen LogP contribution in [-0.2, 0) is 35.4 Å². The van der Waals surface area contributed by atoms with E-state index in [1.54, 1.807) is 4.90 Å². The number of amides is 1. The maximum atomic E-state index is 12.8. The smallest absolute Gasteiger partial charge is 0.312 e. The number of fused-ring (bicyclic) bond motifs is 2. The van der Waals surface area contributed by atoms with E-state index in [0.717, 1.165) is 29.5 Å². The van der Waals surface area contributed by atoms with Crippen LogP contribution in [0.25, 0.3) is 0 Å². The van der Waals surface area contributed by atoms with E-state index in [1.807, 2.05) is 30.3 Å². The SMILES string of the molecule is O=C(O)C1CN(C(=O)Cc2ccc3c(c2)CCC3)Cc2ccccc21. The molecule has 2 aliphatic rings. The van der Waals surface area contributed by atoms with E-state index in [0.29, 0.717) is 13.0 Å². The molecule has 2 aromatic rings. The summed E-state index contributed by atoms with van der Waals surface area (Å²) in [5.41, 5.74) is 5.54. The van der Waals surface area contributed by atoms with Crippen LogP contribution >= 0.6 is 0 Å². The zero-order valence-electron chi connectivity index (χ0n) is 14.1. The largest absolute Gasteiger partial charge is 0.481 e. The Bertz CT molecular complexity index is 843. The van der Waals surface area contributed by atoms with Gasteiger partial charge in [0, 0.05) is 13.1 Å². The number of carboxylic acids is 1. The lowest BCUT2D eigenvalue weighted by Gasteiger charge is -2.33. The van der Waals surface area contributed by atoms with Crippen molar-refractivity contribution < 1.29 is 14.7 Å². The molecule has 0 fully saturated rings. The number of carboxylic acid groups (broad SMARTS) is 1. The standard InChI is InChI=1S/C21H21NO3/c23-20(11-14-8-9-15-5-3-6-16(15)10-14)22-12-17-4-1-2-7-18(17)19(13-22)21(24)25/h1-2,4,7-10,19H,3,5-6,11-13H2,(H,24,25). The highest BCUT2D eigenvalue weighted by atomic mass is 16.4. The molecule has 4 heteroatoms. The summed E-state index contributed by atoms with van der Waals surface area (Å²) in [4.78, 5) is 26.1. The maximum absolute atomic E-state index is 12.8. The van der Waals surface area contributed by atoms with Crippen molar-refractivity contribution in [3.8, 4) is 0 Å². The molecule has 1 atom stereocenters. The van der Waals surface area contributed by atoms with Crippen molar-refractivity contribution in [1.82, 2.24) is 4.90 Å². The zero-order chi connectivity index (χ0) is 17.4. The van der Waals surface area contributed by atoms with Crippen molar-refractivity contribution in [3.63, 3.8) is 0 Å². The van der Waals surface area contributed by atoms with Gasteiger partial charge in [0.1, 0.15) is 0 Å². The van der Waals surface area contributed by atoms with Crippen molar-refractivity contribution >= 4 is 11.9 Å². The number of aryl methyl sites for hydroxylation is 2. The first-order valence-corrected chi connectivity index (χ1v) is 8.81. The van der Waals surface area contributed by atoms with Crippen LogP contribution < -0.4 is 0 Å². The average Bonchev–Trinajstić information content (AvgIpc) is 3.08. The second-order valence-electron chi connectivity index (χ2n) is 7.00. The van der Waals surface area contributed by atoms with Crippen LogP contribution in [0.2, 0.25) is 0 Å². The van der Waals surface area contributed by atoms with Crippen LogP contribution in [0.4, 0.5) is 0 Å². The molecular formula is C21H21NO3. The van der Waals surface area contributed by atoms with Crippen LogP contribution in [0.5, 0.6) is 0 Å². The van der Waals surface area contributed by atoms with Crippen LogP contribution in [-0.4, -0.2) is 28.4 Å². The van der Waals surface area contributed by atoms with Gasteiger partial charge in [-0.3, -0.25) is 9.59 Å². The van der Waals surface area contributed by atoms with E-state index in [9.17, 15) is 14.7 Å². The summed E-state index contributed by atoms with van der Waals surface area (Å²) in [5, 5.41) is 9.54. The number of carbonyl (C=O) groups is 2. The molecule has 1 aliphatic carbocycles. The fourth-order valence-electron chi connectivity index (χ4n) is 4.03. The van der Waals surface area contributed by atoms with E-state index in [-0.39, 0.29) is 12.5 Å². The summed E-state index contributed by atoms with van der Waals surface area (Å²) in [7, 11) is 0. The lowest BCUT2D eigenvalue weighted by molar-refractivity contribution is -0.141. The third kappa shape index (κ3) is 3.04. The zero-order valence-corrected chi connectivity index (χ0v) is 14.1. The van der Waals surface area contributed by atoms with Gasteiger partial charge in [-0.1, -0.05) is 42.5 Å². The average molecular weight is 335 g/mol. The van der Waals surface area contributed by atoms with E-state index in [1.165, 1.54) is 17.5 Å². The van der Waals surface area contributed by atoms with Crippen molar-refractivity contribution in [2.75, 3.05) is 6.54 Å². The quantitative estimate of drug-likeness (QED) is 0.938. The first-order valence-electron chi connectivity index (χ1n) is 8.81. The minimum Gasteiger partial charge on any atom is -0.481 e. The predicted molar refractivity (Wildman–Crippen MR) is 94.4 cm³/mol. The Labute approximate surface area is 147 Å². The molecule has 4 rings (SSSR count). The summed E-state index contributed by atoms with van der Waals surface area (Å²) in [6.45, 7) is 0.736. The van der Waals surface area contributed by atoms with Crippen LogP contribution in [0, 0.1) is 0 Å². The lowest BCUT2D eigenvalue weighted by atomic mass is 9.89. The molecule has 0 spiro atoms. The lowest BCUT2D eigenvalue weighted by Crippen LogP contribution is -2.41. The minimum atomic E-state index is -0.873. The molecular weight excluding hydrogens is 314 g/mol. The van der Waals surface area contributed by atoms with Crippen molar-refractivity contribution in [1.29, 1.82) is 0 Å². The first kappa shape index (κ1) is 15.9. The molecule has 1 heterocycles. The predicted octanol–water partition coefficient (Wildman–Crippen LogP) is 2.93. The highest BCUT2D eigenvalue weighted by molar-refractivity contribution is 5.82. The summed E-state index contributed by atoms with van der Waals surface area (Å²) < 4.78 is 0. The Morgan fingerprint density at radius 3 is 2.68 bits per heavy atom. The Morgan fingerprint density at radius 2 is 1.84 bits per heavy atom. The van der Waals surface area contributed by atoms with E-state index < -0.39 is 11.9 Å². The first-order chi connectivity index (χ1) is 12.1. The van der Waals surface area contributed by atoms with E-state index >= 15 is 0 Å². The molecule has 1 aliphatic heterocycles. The molecule has 0 bridgehead atoms. The minimum absolute atomic E-state index is 0.00120. The fraction of sp³-hybridized carbons (Fsp3) is 0.333. The molecule has 1 unspecified atom stereocenters. The second-order valence-corrected chi connectivity index (χ2v) is 7.00. The number of rotatable bonds is 3. The van der Waals surface area contributed by atoms with E-state index in [4.69, 9.17) is 0 Å². The van der Waals surface area contributed by atoms with Crippen LogP contribution in [0.1, 0.15) is 40.2 Å². The summed E-state index contributed by atoms with van der Waals surface area (Å²) >= 11 is 0. The van der Waals surface area contributed by atoms with Gasteiger partial charge in [-0.15, -0.1) is 0 Å². The molecule has 128 valence electrons. The number of aliphatic carboxylic acids is 1. The monoisotopic (exact) mass is 335 g/mol. The Balaban J connectivity index is 1.54. The fourth-order valence-corrected chi connectivity index (χ4v) is 4.03. The highest BCUT2D eigenvalue weighted by Crippen LogP contribution is 2.29. The van der Waals surface area contributed by atoms with Gasteiger partial charge in [0.05, 0.1) is 12.3 Å². The molecule has 25 heavy (non-hydrogen) atoms. The van der Waals surface area contributed by atoms with Gasteiger partial charge in [-0.25, -0.2) is 0 Å². The molecule has 0 saturated carbocycles. The van der Waals surface area contributed by atoms with Gasteiger partial charge in [0.2, 0.25) is 5.91 Å². The topological polar surface area (TPSA) is 57.6 Å². The summed E-state index contributed by atoms with van der Waals surface area (Å²) in [5.74, 6) is -1.52. The molecule has 0 radical (unpaired) electrons. The maximum Gasteiger partial charge on any atom is 0.312 e. The molecule has 0 aromatic heterocycles. The van der Waals surface area contributed by atoms with Crippen LogP contribution in [0.15, 0.2) is 42.5 Å². The van der Waals surface area contributed by atoms with Crippen molar-refractivity contribution in [2.24, 2.45) is 0 Å². The molecule has 4 nitrogen and oxygen atoms in total. The second kappa shape index (κ2) is 6.36. The van der Waals surface area contributed by atoms with Crippen LogP contribution in [0.3, 0.4) is 0 Å². The van der Waals surface area contributed by atoms with E-state index in [2.05, 4.69) is 12.1 Å². The van der Waals surface area contributed by atoms with Gasteiger partial charge in [-0.2, -0.15) is 0 Å². The number of hydrogen-bond acceptors (Lipinski definition) is 2. The molecule has 1 N–H and O–H groups in total. The Hall–Kier alpha value is -2.62. The molecule has 0 saturated heterocycles. The van der Waals surface area contributed by atoms with Gasteiger partial charge in [-0.05, 0) is 47.1 Å². The third-order valence-electron chi connectivity index (χ3n) is 5.36. The van der Waals surface area contributed by atoms with Gasteiger partial charge >= 0.3 is 5.97 Å². The molecule has 2 aromatic carbocycles. The number of benzene rings is 2. The number of nitrogens with zero attached hydrogens (tertiary/aromatic N) is 1. The van der Waals surface area contributed by atoms with Gasteiger partial charge in [0.15, 0.2) is 0 Å². The normalized spacial score (nSPS) is 18.6. The van der Waals surface area contributed by atoms with Gasteiger partial charge in [0.25, 0.3) is 0 Å². The molecule has 1 amide bonds. The van der Waals surface area contributed by atoms with Gasteiger partial charge < -0.3 is 10.0 Å². The summed E-state index contributed by atoms with van der Waals surface area (Å²) in [6.07, 6.45) is 3.75. The van der Waals surface area contributed by atoms with Crippen molar-refractivity contribution in [3.05, 3.63) is 70.3 Å². The third-order valence-corrected chi connectivity index (χ3v) is 5.36. The number of hydrogen-bond donors (Lipinski definition) is 1.